The van der Waals surface area contributed by atoms with Crippen LogP contribution in [0, 0.1) is 17.0 Å². The summed E-state index contributed by atoms with van der Waals surface area (Å²) in [6.07, 6.45) is 0. The number of rotatable bonds is 6. The lowest BCUT2D eigenvalue weighted by Crippen LogP contribution is -2.32. The van der Waals surface area contributed by atoms with Crippen LogP contribution >= 0.6 is 11.3 Å². The van der Waals surface area contributed by atoms with E-state index in [1.165, 1.54) is 25.3 Å². The smallest absolute Gasteiger partial charge is 0.271 e. The number of carbonyl (C=O) groups is 1. The summed E-state index contributed by atoms with van der Waals surface area (Å²) in [6.45, 7) is 3.65. The van der Waals surface area contributed by atoms with Gasteiger partial charge in [-0.2, -0.15) is 0 Å². The average Bonchev–Trinajstić information content (AvgIpc) is 3.00. The van der Waals surface area contributed by atoms with Crippen molar-refractivity contribution in [2.45, 2.75) is 19.9 Å². The molecule has 0 aliphatic rings. The fraction of sp³-hybridized carbons (Fsp3) is 0.222. The molecule has 2 aromatic carbocycles. The van der Waals surface area contributed by atoms with Gasteiger partial charge in [0.15, 0.2) is 0 Å². The average molecular weight is 386 g/mol. The van der Waals surface area contributed by atoms with Crippen molar-refractivity contribution >= 4 is 44.5 Å². The number of benzene rings is 2. The van der Waals surface area contributed by atoms with E-state index in [1.807, 2.05) is 25.1 Å². The van der Waals surface area contributed by atoms with Crippen LogP contribution in [0.2, 0.25) is 0 Å². The van der Waals surface area contributed by atoms with Gasteiger partial charge >= 0.3 is 0 Å². The number of nitrogens with zero attached hydrogens (tertiary/aromatic N) is 2. The van der Waals surface area contributed by atoms with Crippen LogP contribution in [0.5, 0.6) is 5.75 Å². The minimum absolute atomic E-state index is 0.127. The third kappa shape index (κ3) is 4.14. The molecule has 9 heteroatoms. The number of fused-ring (bicyclic) bond motifs is 1. The largest absolute Gasteiger partial charge is 0.495 e. The van der Waals surface area contributed by atoms with E-state index in [9.17, 15) is 14.9 Å². The molecule has 0 saturated carbocycles. The molecule has 0 bridgehead atoms. The number of hydrogen-bond donors (Lipinski definition) is 2. The zero-order valence-electron chi connectivity index (χ0n) is 15.0. The summed E-state index contributed by atoms with van der Waals surface area (Å²) >= 11 is 1.58. The lowest BCUT2D eigenvalue weighted by Gasteiger charge is -2.16. The molecule has 0 radical (unpaired) electrons. The van der Waals surface area contributed by atoms with Crippen molar-refractivity contribution in [3.8, 4) is 5.75 Å². The Bertz CT molecular complexity index is 1020. The van der Waals surface area contributed by atoms with Gasteiger partial charge in [0.2, 0.25) is 5.91 Å². The van der Waals surface area contributed by atoms with Gasteiger partial charge in [0.25, 0.3) is 5.69 Å². The van der Waals surface area contributed by atoms with Crippen molar-refractivity contribution in [1.82, 2.24) is 4.98 Å². The molecule has 1 amide bonds. The number of nitro groups is 1. The molecule has 2 N–H and O–H groups in total. The molecule has 1 aromatic heterocycles. The fourth-order valence-electron chi connectivity index (χ4n) is 2.59. The summed E-state index contributed by atoms with van der Waals surface area (Å²) in [7, 11) is 1.44. The molecule has 1 heterocycles. The quantitative estimate of drug-likeness (QED) is 0.490. The van der Waals surface area contributed by atoms with E-state index in [-0.39, 0.29) is 17.3 Å². The molecule has 0 aliphatic carbocycles. The van der Waals surface area contributed by atoms with Crippen LogP contribution in [0.25, 0.3) is 10.2 Å². The maximum Gasteiger partial charge on any atom is 0.271 e. The fourth-order valence-corrected chi connectivity index (χ4v) is 3.46. The van der Waals surface area contributed by atoms with Crippen molar-refractivity contribution in [3.63, 3.8) is 0 Å². The Morgan fingerprint density at radius 2 is 2.07 bits per heavy atom. The predicted octanol–water partition coefficient (Wildman–Crippen LogP) is 3.96. The van der Waals surface area contributed by atoms with Gasteiger partial charge in [-0.1, -0.05) is 0 Å². The Labute approximate surface area is 159 Å². The number of methoxy groups -OCH3 is 1. The maximum atomic E-state index is 12.5. The topological polar surface area (TPSA) is 106 Å². The zero-order valence-corrected chi connectivity index (χ0v) is 15.8. The van der Waals surface area contributed by atoms with Crippen molar-refractivity contribution in [2.75, 3.05) is 17.7 Å². The first kappa shape index (κ1) is 18.6. The van der Waals surface area contributed by atoms with E-state index >= 15 is 0 Å². The normalized spacial score (nSPS) is 11.8. The van der Waals surface area contributed by atoms with Gasteiger partial charge < -0.3 is 15.4 Å². The number of nitrogens with one attached hydrogen (secondary N) is 2. The molecule has 0 saturated heterocycles. The van der Waals surface area contributed by atoms with Gasteiger partial charge in [-0.3, -0.25) is 14.9 Å². The summed E-state index contributed by atoms with van der Waals surface area (Å²) in [5.41, 5.74) is 1.83. The Balaban J connectivity index is 1.75. The Morgan fingerprint density at radius 3 is 2.78 bits per heavy atom. The van der Waals surface area contributed by atoms with Gasteiger partial charge in [0.1, 0.15) is 11.8 Å². The molecular formula is C18H18N4O4S. The second-order valence-corrected chi connectivity index (χ2v) is 7.15. The SMILES string of the molecule is COc1ccc([N+](=O)[O-])cc1NC(=O)[C@H](C)Nc1ccc2nc(C)sc2c1. The third-order valence-electron chi connectivity index (χ3n) is 3.92. The lowest BCUT2D eigenvalue weighted by molar-refractivity contribution is -0.384. The van der Waals surface area contributed by atoms with E-state index in [0.29, 0.717) is 5.75 Å². The highest BCUT2D eigenvalue weighted by molar-refractivity contribution is 7.18. The number of hydrogen-bond acceptors (Lipinski definition) is 7. The van der Waals surface area contributed by atoms with Crippen LogP contribution in [0.1, 0.15) is 11.9 Å². The number of ether oxygens (including phenoxy) is 1. The summed E-state index contributed by atoms with van der Waals surface area (Å²) in [5.74, 6) is 0.0112. The van der Waals surface area contributed by atoms with Crippen LogP contribution in [0.3, 0.4) is 0 Å². The van der Waals surface area contributed by atoms with Crippen molar-refractivity contribution in [2.24, 2.45) is 0 Å². The van der Waals surface area contributed by atoms with Crippen LogP contribution in [0.15, 0.2) is 36.4 Å². The summed E-state index contributed by atoms with van der Waals surface area (Å²) < 4.78 is 6.20. The lowest BCUT2D eigenvalue weighted by atomic mass is 10.2. The first-order chi connectivity index (χ1) is 12.9. The highest BCUT2D eigenvalue weighted by Crippen LogP contribution is 2.29. The van der Waals surface area contributed by atoms with Crippen molar-refractivity contribution in [3.05, 3.63) is 51.5 Å². The Kier molecular flexibility index (Phi) is 5.22. The van der Waals surface area contributed by atoms with Crippen LogP contribution < -0.4 is 15.4 Å². The van der Waals surface area contributed by atoms with Crippen LogP contribution in [-0.4, -0.2) is 29.0 Å². The summed E-state index contributed by atoms with van der Waals surface area (Å²) in [4.78, 5) is 27.4. The number of carbonyl (C=O) groups excluding carboxylic acids is 1. The monoisotopic (exact) mass is 386 g/mol. The van der Waals surface area contributed by atoms with E-state index in [0.717, 1.165) is 20.9 Å². The van der Waals surface area contributed by atoms with Gasteiger partial charge in [0.05, 0.1) is 32.9 Å². The van der Waals surface area contributed by atoms with Gasteiger partial charge in [-0.05, 0) is 38.1 Å². The highest BCUT2D eigenvalue weighted by Gasteiger charge is 2.18. The molecule has 27 heavy (non-hydrogen) atoms. The molecule has 0 fully saturated rings. The van der Waals surface area contributed by atoms with Gasteiger partial charge in [-0.25, -0.2) is 4.98 Å². The molecule has 3 aromatic rings. The number of aryl methyl sites for hydroxylation is 1. The van der Waals surface area contributed by atoms with E-state index in [4.69, 9.17) is 4.74 Å². The zero-order chi connectivity index (χ0) is 19.6. The molecule has 0 unspecified atom stereocenters. The molecule has 1 atom stereocenters. The van der Waals surface area contributed by atoms with E-state index in [2.05, 4.69) is 15.6 Å². The summed E-state index contributed by atoms with van der Waals surface area (Å²) in [6, 6.07) is 9.18. The molecule has 0 aliphatic heterocycles. The Morgan fingerprint density at radius 1 is 1.30 bits per heavy atom. The predicted molar refractivity (Wildman–Crippen MR) is 106 cm³/mol. The number of amides is 1. The van der Waals surface area contributed by atoms with Crippen molar-refractivity contribution < 1.29 is 14.5 Å². The molecule has 0 spiro atoms. The van der Waals surface area contributed by atoms with E-state index < -0.39 is 11.0 Å². The molecular weight excluding hydrogens is 368 g/mol. The molecule has 140 valence electrons. The van der Waals surface area contributed by atoms with Gasteiger partial charge in [-0.15, -0.1) is 11.3 Å². The number of non-ortho nitro benzene ring substituents is 1. The number of thiazole rings is 1. The second-order valence-electron chi connectivity index (χ2n) is 5.91. The standard InChI is InChI=1S/C18H18N4O4S/c1-10(19-12-4-6-14-17(8-12)27-11(2)20-14)18(23)21-15-9-13(22(24)25)5-7-16(15)26-3/h4-10,19H,1-3H3,(H,21,23)/t10-/m0/s1. The first-order valence-electron chi connectivity index (χ1n) is 8.14. The number of anilines is 2. The van der Waals surface area contributed by atoms with Crippen molar-refractivity contribution in [1.29, 1.82) is 0 Å². The molecule has 3 rings (SSSR count). The van der Waals surface area contributed by atoms with Gasteiger partial charge in [0, 0.05) is 17.8 Å². The minimum Gasteiger partial charge on any atom is -0.495 e. The minimum atomic E-state index is -0.569. The highest BCUT2D eigenvalue weighted by atomic mass is 32.1. The van der Waals surface area contributed by atoms with Crippen LogP contribution in [0.4, 0.5) is 17.1 Å². The molecule has 8 nitrogen and oxygen atoms in total. The van der Waals surface area contributed by atoms with Crippen LogP contribution in [-0.2, 0) is 4.79 Å². The maximum absolute atomic E-state index is 12.5. The van der Waals surface area contributed by atoms with E-state index in [1.54, 1.807) is 18.3 Å². The third-order valence-corrected chi connectivity index (χ3v) is 4.86. The number of aromatic nitrogens is 1. The Hall–Kier alpha value is -3.20. The second kappa shape index (κ2) is 7.58. The summed E-state index contributed by atoms with van der Waals surface area (Å²) in [5, 5.41) is 17.7. The first-order valence-corrected chi connectivity index (χ1v) is 8.96. The number of nitro benzene ring substituents is 1.